The molecule has 2 saturated heterocycles. The predicted molar refractivity (Wildman–Crippen MR) is 99.9 cm³/mol. The third-order valence-corrected chi connectivity index (χ3v) is 5.72. The number of anilines is 1. The Hall–Kier alpha value is -1.53. The van der Waals surface area contributed by atoms with Gasteiger partial charge in [0.25, 0.3) is 0 Å². The molecule has 2 aliphatic rings. The van der Waals surface area contributed by atoms with Gasteiger partial charge in [-0.05, 0) is 55.1 Å². The maximum absolute atomic E-state index is 12.6. The van der Waals surface area contributed by atoms with E-state index in [-0.39, 0.29) is 11.1 Å². The average Bonchev–Trinajstić information content (AvgIpc) is 2.47. The third kappa shape index (κ3) is 3.44. The third-order valence-electron chi connectivity index (χ3n) is 4.64. The fourth-order valence-corrected chi connectivity index (χ4v) is 4.53. The van der Waals surface area contributed by atoms with E-state index in [0.717, 1.165) is 31.0 Å². The zero-order valence-electron chi connectivity index (χ0n) is 13.8. The van der Waals surface area contributed by atoms with Crippen molar-refractivity contribution in [3.8, 4) is 0 Å². The summed E-state index contributed by atoms with van der Waals surface area (Å²) >= 11 is 7.33. The van der Waals surface area contributed by atoms with E-state index in [4.69, 9.17) is 22.4 Å². The van der Waals surface area contributed by atoms with Crippen LogP contribution in [0.3, 0.4) is 0 Å². The van der Waals surface area contributed by atoms with Crippen LogP contribution in [0.4, 0.5) is 10.5 Å². The SMILES string of the molecule is CC(=[NH2+])SC(=N)c1cc(NC(=O)N2C3CC(C)CC2C3)ccc1Cl. The number of carbonyl (C=O) groups is 1. The van der Waals surface area contributed by atoms with Gasteiger partial charge in [-0.15, -0.1) is 0 Å². The number of thioether (sulfide) groups is 1. The number of piperidine rings is 1. The molecule has 0 radical (unpaired) electrons. The van der Waals surface area contributed by atoms with Crippen LogP contribution in [0.2, 0.25) is 5.02 Å². The largest absolute Gasteiger partial charge is 0.322 e. The van der Waals surface area contributed by atoms with Crippen LogP contribution in [0.15, 0.2) is 18.2 Å². The number of rotatable bonds is 2. The molecule has 1 aromatic rings. The van der Waals surface area contributed by atoms with E-state index in [9.17, 15) is 4.79 Å². The van der Waals surface area contributed by atoms with Crippen molar-refractivity contribution in [2.75, 3.05) is 5.32 Å². The van der Waals surface area contributed by atoms with Crippen LogP contribution in [-0.4, -0.2) is 33.1 Å². The molecule has 24 heavy (non-hydrogen) atoms. The molecule has 2 aliphatic heterocycles. The topological polar surface area (TPSA) is 81.8 Å². The molecule has 7 heteroatoms. The summed E-state index contributed by atoms with van der Waals surface area (Å²) in [5.41, 5.74) is 1.22. The van der Waals surface area contributed by atoms with Crippen molar-refractivity contribution in [2.24, 2.45) is 5.92 Å². The molecule has 0 saturated carbocycles. The highest BCUT2D eigenvalue weighted by Gasteiger charge is 2.46. The quantitative estimate of drug-likeness (QED) is 0.556. The van der Waals surface area contributed by atoms with Crippen molar-refractivity contribution in [1.29, 1.82) is 5.41 Å². The molecular weight excluding hydrogens is 344 g/mol. The van der Waals surface area contributed by atoms with Gasteiger partial charge in [0.05, 0.1) is 5.02 Å². The van der Waals surface area contributed by atoms with Gasteiger partial charge in [0.1, 0.15) is 5.04 Å². The molecule has 0 aliphatic carbocycles. The van der Waals surface area contributed by atoms with Gasteiger partial charge in [-0.2, -0.15) is 0 Å². The normalized spacial score (nSPS) is 25.0. The molecule has 5 nitrogen and oxygen atoms in total. The molecule has 2 atom stereocenters. The monoisotopic (exact) mass is 365 g/mol. The van der Waals surface area contributed by atoms with Crippen molar-refractivity contribution in [1.82, 2.24) is 4.90 Å². The molecular formula is C17H22ClN4OS+. The number of benzene rings is 1. The lowest BCUT2D eigenvalue weighted by atomic mass is 9.74. The van der Waals surface area contributed by atoms with Crippen LogP contribution >= 0.6 is 23.4 Å². The number of amides is 2. The first-order chi connectivity index (χ1) is 11.3. The number of hydrogen-bond donors (Lipinski definition) is 3. The van der Waals surface area contributed by atoms with Gasteiger partial charge < -0.3 is 10.2 Å². The van der Waals surface area contributed by atoms with E-state index in [1.807, 2.05) is 4.90 Å². The molecule has 2 amide bonds. The van der Waals surface area contributed by atoms with Gasteiger partial charge in [-0.25, -0.2) is 4.79 Å². The van der Waals surface area contributed by atoms with Gasteiger partial charge in [-0.3, -0.25) is 10.8 Å². The maximum Gasteiger partial charge on any atom is 0.322 e. The Morgan fingerprint density at radius 1 is 1.38 bits per heavy atom. The summed E-state index contributed by atoms with van der Waals surface area (Å²) in [5, 5.41) is 18.0. The fourth-order valence-electron chi connectivity index (χ4n) is 3.66. The van der Waals surface area contributed by atoms with Crippen molar-refractivity contribution < 1.29 is 10.2 Å². The first-order valence-corrected chi connectivity index (χ1v) is 9.29. The summed E-state index contributed by atoms with van der Waals surface area (Å²) in [6, 6.07) is 5.88. The Morgan fingerprint density at radius 3 is 2.67 bits per heavy atom. The molecule has 128 valence electrons. The molecule has 3 rings (SSSR count). The highest BCUT2D eigenvalue weighted by atomic mass is 35.5. The average molecular weight is 366 g/mol. The Kier molecular flexibility index (Phi) is 4.88. The Bertz CT molecular complexity index is 696. The zero-order chi connectivity index (χ0) is 17.4. The number of nitrogens with one attached hydrogen (secondary N) is 2. The molecule has 4 N–H and O–H groups in total. The van der Waals surface area contributed by atoms with Gasteiger partial charge in [0, 0.05) is 30.3 Å². The van der Waals surface area contributed by atoms with E-state index < -0.39 is 0 Å². The lowest BCUT2D eigenvalue weighted by molar-refractivity contribution is -0.109. The first-order valence-electron chi connectivity index (χ1n) is 8.09. The van der Waals surface area contributed by atoms with E-state index in [0.29, 0.717) is 39.3 Å². The lowest BCUT2D eigenvalue weighted by Crippen LogP contribution is -2.63. The number of urea groups is 1. The maximum atomic E-state index is 12.6. The minimum atomic E-state index is -0.0582. The summed E-state index contributed by atoms with van der Waals surface area (Å²) < 4.78 is 0. The molecule has 0 spiro atoms. The molecule has 2 heterocycles. The Labute approximate surface area is 151 Å². The summed E-state index contributed by atoms with van der Waals surface area (Å²) in [4.78, 5) is 14.5. The molecule has 0 aromatic heterocycles. The van der Waals surface area contributed by atoms with Gasteiger partial charge in [-0.1, -0.05) is 18.5 Å². The molecule has 2 unspecified atom stereocenters. The first kappa shape index (κ1) is 17.3. The van der Waals surface area contributed by atoms with Crippen LogP contribution in [0.5, 0.6) is 0 Å². The number of nitrogens with two attached hydrogens (primary N) is 1. The van der Waals surface area contributed by atoms with Crippen molar-refractivity contribution in [2.45, 2.75) is 45.2 Å². The fraction of sp³-hybridized carbons (Fsp3) is 0.471. The van der Waals surface area contributed by atoms with Crippen molar-refractivity contribution in [3.05, 3.63) is 28.8 Å². The van der Waals surface area contributed by atoms with Crippen LogP contribution in [0.25, 0.3) is 0 Å². The van der Waals surface area contributed by atoms with Crippen LogP contribution in [0.1, 0.15) is 38.7 Å². The molecule has 2 fully saturated rings. The lowest BCUT2D eigenvalue weighted by Gasteiger charge is -2.54. The smallest absolute Gasteiger partial charge is 0.318 e. The van der Waals surface area contributed by atoms with E-state index in [2.05, 4.69) is 12.2 Å². The van der Waals surface area contributed by atoms with E-state index >= 15 is 0 Å². The predicted octanol–water partition coefficient (Wildman–Crippen LogP) is 2.98. The molecule has 2 bridgehead atoms. The number of halogens is 1. The number of nitrogens with zero attached hydrogens (tertiary/aromatic N) is 1. The standard InChI is InChI=1S/C17H21ClN4OS/c1-9-5-12-8-13(6-9)22(12)17(23)21-11-3-4-15(18)14(7-11)16(20)24-10(2)19/h3-4,7,9,12-13,19-20H,5-6,8H2,1-2H3,(H,21,23)/p+1. The van der Waals surface area contributed by atoms with Gasteiger partial charge in [0.2, 0.25) is 5.04 Å². The Balaban J connectivity index is 1.70. The second kappa shape index (κ2) is 6.76. The van der Waals surface area contributed by atoms with Crippen LogP contribution < -0.4 is 10.7 Å². The van der Waals surface area contributed by atoms with Crippen molar-refractivity contribution >= 4 is 45.2 Å². The van der Waals surface area contributed by atoms with Crippen LogP contribution in [0, 0.1) is 11.3 Å². The molecule has 1 aromatic carbocycles. The summed E-state index contributed by atoms with van der Waals surface area (Å²) in [7, 11) is 0. The summed E-state index contributed by atoms with van der Waals surface area (Å²) in [6.45, 7) is 3.99. The minimum absolute atomic E-state index is 0.0582. The van der Waals surface area contributed by atoms with E-state index in [1.165, 1.54) is 0 Å². The number of carbonyl (C=O) groups excluding carboxylic acids is 1. The number of hydrogen-bond acceptors (Lipinski definition) is 3. The van der Waals surface area contributed by atoms with Crippen molar-refractivity contribution in [3.63, 3.8) is 0 Å². The second-order valence-corrected chi connectivity index (χ2v) is 8.36. The number of fused-ring (bicyclic) bond motifs is 2. The van der Waals surface area contributed by atoms with Gasteiger partial charge in [0.15, 0.2) is 0 Å². The summed E-state index contributed by atoms with van der Waals surface area (Å²) in [6.07, 6.45) is 3.29. The highest BCUT2D eigenvalue weighted by Crippen LogP contribution is 2.41. The van der Waals surface area contributed by atoms with Crippen LogP contribution in [-0.2, 0) is 0 Å². The summed E-state index contributed by atoms with van der Waals surface area (Å²) in [5.74, 6) is 0.702. The second-order valence-electron chi connectivity index (χ2n) is 6.69. The van der Waals surface area contributed by atoms with Gasteiger partial charge >= 0.3 is 6.03 Å². The zero-order valence-corrected chi connectivity index (χ0v) is 15.4. The van der Waals surface area contributed by atoms with E-state index in [1.54, 1.807) is 25.1 Å². The Morgan fingerprint density at radius 2 is 2.04 bits per heavy atom. The highest BCUT2D eigenvalue weighted by molar-refractivity contribution is 8.26. The minimum Gasteiger partial charge on any atom is -0.318 e.